The number of hydrogen-bond acceptors (Lipinski definition) is 1. The summed E-state index contributed by atoms with van der Waals surface area (Å²) in [5.41, 5.74) is 6.52. The van der Waals surface area contributed by atoms with Crippen LogP contribution >= 0.6 is 0 Å². The second-order valence-corrected chi connectivity index (χ2v) is 4.86. The van der Waals surface area contributed by atoms with Gasteiger partial charge in [0.1, 0.15) is 0 Å². The molecule has 1 heteroatoms. The van der Waals surface area contributed by atoms with Crippen LogP contribution in [0.5, 0.6) is 0 Å². The van der Waals surface area contributed by atoms with Gasteiger partial charge in [-0.25, -0.2) is 0 Å². The van der Waals surface area contributed by atoms with Gasteiger partial charge in [0.05, 0.1) is 0 Å². The highest BCUT2D eigenvalue weighted by Gasteiger charge is 2.38. The average Bonchev–Trinajstić information content (AvgIpc) is 2.23. The lowest BCUT2D eigenvalue weighted by Crippen LogP contribution is -2.21. The first-order valence-corrected chi connectivity index (χ1v) is 5.34. The van der Waals surface area contributed by atoms with Crippen molar-refractivity contribution < 1.29 is 0 Å². The van der Waals surface area contributed by atoms with Crippen molar-refractivity contribution in [2.45, 2.75) is 58.9 Å². The molecule has 1 nitrogen and oxygen atoms in total. The van der Waals surface area contributed by atoms with Crippen LogP contribution in [0.15, 0.2) is 0 Å². The molecular formula is C11H23N. The van der Waals surface area contributed by atoms with Crippen molar-refractivity contribution in [3.8, 4) is 0 Å². The summed E-state index contributed by atoms with van der Waals surface area (Å²) < 4.78 is 0. The molecule has 1 aliphatic rings. The first-order chi connectivity index (χ1) is 5.58. The Labute approximate surface area is 76.7 Å². The van der Waals surface area contributed by atoms with Crippen LogP contribution in [0.25, 0.3) is 0 Å². The van der Waals surface area contributed by atoms with Gasteiger partial charge in [0.25, 0.3) is 0 Å². The zero-order valence-electron chi connectivity index (χ0n) is 8.77. The van der Waals surface area contributed by atoms with E-state index in [2.05, 4.69) is 20.8 Å². The van der Waals surface area contributed by atoms with Crippen LogP contribution in [-0.2, 0) is 0 Å². The molecule has 72 valence electrons. The smallest absolute Gasteiger partial charge is 0.00468 e. The Kier molecular flexibility index (Phi) is 3.16. The minimum Gasteiger partial charge on any atom is -0.328 e. The summed E-state index contributed by atoms with van der Waals surface area (Å²) >= 11 is 0. The van der Waals surface area contributed by atoms with Gasteiger partial charge < -0.3 is 5.73 Å². The van der Waals surface area contributed by atoms with Gasteiger partial charge in [0.2, 0.25) is 0 Å². The van der Waals surface area contributed by atoms with Crippen LogP contribution < -0.4 is 5.73 Å². The Hall–Kier alpha value is -0.0400. The van der Waals surface area contributed by atoms with Crippen LogP contribution in [0, 0.1) is 11.3 Å². The lowest BCUT2D eigenvalue weighted by Gasteiger charge is -2.29. The standard InChI is InChI=1S/C11H23N/c1-4-5-6-11(3)8-10(12)7-9(11)2/h9-10H,4-8,12H2,1-3H3/t9?,10-,11+/m0/s1. The fourth-order valence-electron chi connectivity index (χ4n) is 2.55. The molecule has 0 spiro atoms. The quantitative estimate of drug-likeness (QED) is 0.690. The zero-order valence-corrected chi connectivity index (χ0v) is 8.77. The maximum atomic E-state index is 5.97. The summed E-state index contributed by atoms with van der Waals surface area (Å²) in [5.74, 6) is 0.832. The van der Waals surface area contributed by atoms with E-state index in [1.807, 2.05) is 0 Å². The molecule has 0 heterocycles. The molecule has 0 aromatic heterocycles. The minimum atomic E-state index is 0.474. The Morgan fingerprint density at radius 2 is 2.17 bits per heavy atom. The molecule has 0 saturated heterocycles. The molecule has 1 rings (SSSR count). The van der Waals surface area contributed by atoms with E-state index in [1.165, 1.54) is 32.1 Å². The molecule has 1 saturated carbocycles. The van der Waals surface area contributed by atoms with Gasteiger partial charge in [-0.1, -0.05) is 33.6 Å². The molecule has 0 radical (unpaired) electrons. The monoisotopic (exact) mass is 169 g/mol. The highest BCUT2D eigenvalue weighted by molar-refractivity contribution is 4.92. The maximum Gasteiger partial charge on any atom is 0.00468 e. The summed E-state index contributed by atoms with van der Waals surface area (Å²) in [4.78, 5) is 0. The van der Waals surface area contributed by atoms with E-state index >= 15 is 0 Å². The Morgan fingerprint density at radius 1 is 1.50 bits per heavy atom. The first kappa shape index (κ1) is 10.0. The predicted octanol–water partition coefficient (Wildman–Crippen LogP) is 2.94. The highest BCUT2D eigenvalue weighted by Crippen LogP contribution is 2.45. The second kappa shape index (κ2) is 3.78. The lowest BCUT2D eigenvalue weighted by molar-refractivity contribution is 0.218. The third-order valence-electron chi connectivity index (χ3n) is 3.68. The third-order valence-corrected chi connectivity index (χ3v) is 3.68. The van der Waals surface area contributed by atoms with Crippen LogP contribution in [0.4, 0.5) is 0 Å². The van der Waals surface area contributed by atoms with Crippen molar-refractivity contribution in [2.24, 2.45) is 17.1 Å². The van der Waals surface area contributed by atoms with Gasteiger partial charge in [-0.2, -0.15) is 0 Å². The number of nitrogens with two attached hydrogens (primary N) is 1. The topological polar surface area (TPSA) is 26.0 Å². The maximum absolute atomic E-state index is 5.97. The summed E-state index contributed by atoms with van der Waals surface area (Å²) in [6.07, 6.45) is 6.54. The van der Waals surface area contributed by atoms with Crippen LogP contribution in [-0.4, -0.2) is 6.04 Å². The Bertz CT molecular complexity index is 144. The molecule has 1 fully saturated rings. The van der Waals surface area contributed by atoms with Crippen molar-refractivity contribution in [1.29, 1.82) is 0 Å². The summed E-state index contributed by atoms with van der Waals surface area (Å²) in [6.45, 7) is 7.05. The van der Waals surface area contributed by atoms with Crippen LogP contribution in [0.2, 0.25) is 0 Å². The normalized spacial score (nSPS) is 42.0. The van der Waals surface area contributed by atoms with Gasteiger partial charge >= 0.3 is 0 Å². The number of rotatable bonds is 3. The molecule has 0 bridgehead atoms. The van der Waals surface area contributed by atoms with Crippen molar-refractivity contribution in [1.82, 2.24) is 0 Å². The summed E-state index contributed by atoms with van der Waals surface area (Å²) in [6, 6.07) is 0.474. The second-order valence-electron chi connectivity index (χ2n) is 4.86. The van der Waals surface area contributed by atoms with Crippen LogP contribution in [0.3, 0.4) is 0 Å². The van der Waals surface area contributed by atoms with Crippen molar-refractivity contribution in [3.05, 3.63) is 0 Å². The molecule has 0 aliphatic heterocycles. The minimum absolute atomic E-state index is 0.474. The predicted molar refractivity (Wildman–Crippen MR) is 54.0 cm³/mol. The Balaban J connectivity index is 2.46. The Morgan fingerprint density at radius 3 is 2.58 bits per heavy atom. The van der Waals surface area contributed by atoms with Crippen molar-refractivity contribution >= 4 is 0 Å². The van der Waals surface area contributed by atoms with Gasteiger partial charge in [-0.3, -0.25) is 0 Å². The van der Waals surface area contributed by atoms with Gasteiger partial charge in [0, 0.05) is 6.04 Å². The summed E-state index contributed by atoms with van der Waals surface area (Å²) in [7, 11) is 0. The molecule has 0 amide bonds. The van der Waals surface area contributed by atoms with Crippen LogP contribution in [0.1, 0.15) is 52.9 Å². The van der Waals surface area contributed by atoms with Gasteiger partial charge in [-0.05, 0) is 30.6 Å². The lowest BCUT2D eigenvalue weighted by atomic mass is 9.77. The fraction of sp³-hybridized carbons (Fsp3) is 1.00. The molecule has 1 unspecified atom stereocenters. The first-order valence-electron chi connectivity index (χ1n) is 5.34. The molecule has 1 aliphatic carbocycles. The van der Waals surface area contributed by atoms with Gasteiger partial charge in [0.15, 0.2) is 0 Å². The molecular weight excluding hydrogens is 146 g/mol. The fourth-order valence-corrected chi connectivity index (χ4v) is 2.55. The van der Waals surface area contributed by atoms with Crippen molar-refractivity contribution in [3.63, 3.8) is 0 Å². The molecule has 12 heavy (non-hydrogen) atoms. The van der Waals surface area contributed by atoms with E-state index in [4.69, 9.17) is 5.73 Å². The third kappa shape index (κ3) is 2.01. The molecule has 3 atom stereocenters. The number of unbranched alkanes of at least 4 members (excludes halogenated alkanes) is 1. The summed E-state index contributed by atoms with van der Waals surface area (Å²) in [5, 5.41) is 0. The van der Waals surface area contributed by atoms with Crippen molar-refractivity contribution in [2.75, 3.05) is 0 Å². The molecule has 0 aromatic carbocycles. The molecule has 0 aromatic rings. The number of hydrogen-bond donors (Lipinski definition) is 1. The van der Waals surface area contributed by atoms with Gasteiger partial charge in [-0.15, -0.1) is 0 Å². The van der Waals surface area contributed by atoms with E-state index in [9.17, 15) is 0 Å². The van der Waals surface area contributed by atoms with E-state index in [0.717, 1.165) is 5.92 Å². The van der Waals surface area contributed by atoms with E-state index in [0.29, 0.717) is 11.5 Å². The van der Waals surface area contributed by atoms with E-state index in [-0.39, 0.29) is 0 Å². The van der Waals surface area contributed by atoms with E-state index in [1.54, 1.807) is 0 Å². The average molecular weight is 169 g/mol. The van der Waals surface area contributed by atoms with E-state index < -0.39 is 0 Å². The highest BCUT2D eigenvalue weighted by atomic mass is 14.7. The largest absolute Gasteiger partial charge is 0.328 e. The zero-order chi connectivity index (χ0) is 9.19. The SMILES string of the molecule is CCCC[C@]1(C)C[C@@H](N)CC1C. The molecule has 2 N–H and O–H groups in total.